The Labute approximate surface area is 340 Å². The van der Waals surface area contributed by atoms with Crippen molar-refractivity contribution in [3.63, 3.8) is 0 Å². The van der Waals surface area contributed by atoms with Crippen LogP contribution in [0.4, 0.5) is 15.0 Å². The van der Waals surface area contributed by atoms with Crippen molar-refractivity contribution in [3.05, 3.63) is 77.9 Å². The number of nitrogens with one attached hydrogen (secondary N) is 6. The van der Waals surface area contributed by atoms with Crippen LogP contribution in [0.1, 0.15) is 56.1 Å². The molecule has 1 unspecified atom stereocenters. The number of unbranched alkanes of at least 4 members (excludes halogenated alkanes) is 2. The fraction of sp³-hybridized carbons (Fsp3) is 0.475. The fourth-order valence-corrected chi connectivity index (χ4v) is 6.58. The zero-order valence-electron chi connectivity index (χ0n) is 32.6. The van der Waals surface area contributed by atoms with Crippen LogP contribution in [-0.2, 0) is 46.3 Å². The second-order valence-electron chi connectivity index (χ2n) is 14.3. The lowest BCUT2D eigenvalue weighted by Gasteiger charge is -2.24. The van der Waals surface area contributed by atoms with Gasteiger partial charge in [0.2, 0.25) is 23.6 Å². The Morgan fingerprint density at radius 2 is 1.46 bits per heavy atom. The number of imide groups is 1. The van der Waals surface area contributed by atoms with Crippen molar-refractivity contribution in [1.82, 2.24) is 31.7 Å². The number of hydrogen-bond donors (Lipinski definition) is 9. The lowest BCUT2D eigenvalue weighted by molar-refractivity contribution is -0.137. The molecule has 1 saturated heterocycles. The van der Waals surface area contributed by atoms with Crippen molar-refractivity contribution < 1.29 is 53.0 Å². The van der Waals surface area contributed by atoms with Gasteiger partial charge in [0, 0.05) is 56.9 Å². The molecule has 0 aromatic heterocycles. The number of carbonyl (C=O) groups is 7. The van der Waals surface area contributed by atoms with E-state index in [1.807, 2.05) is 0 Å². The summed E-state index contributed by atoms with van der Waals surface area (Å²) in [6.45, 7) is 0.361. The third-order valence-corrected chi connectivity index (χ3v) is 9.80. The maximum Gasteiger partial charge on any atom is 0.312 e. The highest BCUT2D eigenvalue weighted by molar-refractivity contribution is 6.12. The number of carbonyl (C=O) groups excluding carboxylic acids is 7. The van der Waals surface area contributed by atoms with Crippen molar-refractivity contribution >= 4 is 47.2 Å². The normalized spacial score (nSPS) is 19.5. The number of aliphatic hydroxyl groups is 2. The maximum absolute atomic E-state index is 13.9. The summed E-state index contributed by atoms with van der Waals surface area (Å²) < 4.78 is 18.1. The summed E-state index contributed by atoms with van der Waals surface area (Å²) in [6.07, 6.45) is -0.572. The monoisotopic (exact) mass is 824 g/mol. The van der Waals surface area contributed by atoms with E-state index in [1.54, 1.807) is 60.1 Å². The van der Waals surface area contributed by atoms with Gasteiger partial charge in [0.15, 0.2) is 0 Å². The lowest BCUT2D eigenvalue weighted by atomic mass is 10.0. The van der Waals surface area contributed by atoms with Crippen LogP contribution in [0, 0.1) is 0 Å². The van der Waals surface area contributed by atoms with Crippen LogP contribution < -0.4 is 37.9 Å². The molecule has 1 fully saturated rings. The number of halogens is 1. The topological polar surface area (TPSA) is 271 Å². The first-order valence-corrected chi connectivity index (χ1v) is 19.6. The molecule has 10 N–H and O–H groups in total. The van der Waals surface area contributed by atoms with Gasteiger partial charge in [0.05, 0.1) is 12.5 Å². The van der Waals surface area contributed by atoms with Gasteiger partial charge >= 0.3 is 6.03 Å². The second kappa shape index (κ2) is 23.6. The summed E-state index contributed by atoms with van der Waals surface area (Å²) in [7, 11) is 0. The number of aliphatic hydroxyl groups excluding tert-OH is 2. The molecule has 4 rings (SSSR count). The Morgan fingerprint density at radius 1 is 0.763 bits per heavy atom. The molecule has 59 heavy (non-hydrogen) atoms. The number of benzene rings is 2. The number of anilines is 1. The van der Waals surface area contributed by atoms with E-state index >= 15 is 0 Å². The molecule has 2 aromatic carbocycles. The first-order valence-electron chi connectivity index (χ1n) is 19.6. The van der Waals surface area contributed by atoms with Crippen molar-refractivity contribution in [1.29, 1.82) is 0 Å². The zero-order chi connectivity index (χ0) is 42.7. The number of ether oxygens (including phenoxy) is 1. The molecule has 0 spiro atoms. The number of urea groups is 1. The van der Waals surface area contributed by atoms with E-state index in [2.05, 4.69) is 26.6 Å². The predicted octanol–water partition coefficient (Wildman–Crippen LogP) is -0.217. The van der Waals surface area contributed by atoms with Crippen molar-refractivity contribution in [2.45, 2.75) is 94.3 Å². The first kappa shape index (κ1) is 45.9. The molecule has 18 nitrogen and oxygen atoms in total. The Bertz CT molecular complexity index is 1770. The standard InChI is InChI=1S/C40H53FN8O10/c41-45-20-18-25-12-14-27(15-13-25)46-38(56)28(10-7-19-43-40(42)58)48-39(57)29(22-26-8-3-1-4-9-26)47-33(51)23-30-36(54)37(55)31(59-30)24-44-32(50)11-5-2-6-21-49-34(52)16-17-35(49)53/h1,3-4,8-9,12-17,28-31,36-37,45,54-55H,2,5-7,10-11,18-24H2,(H,44,50)(H,46,56)(H,47,51)(H,48,57)(H3,42,43,58)/t28-,29-,30?,31-,36+,37-/m1/s1. The molecule has 0 saturated carbocycles. The van der Waals surface area contributed by atoms with E-state index in [0.29, 0.717) is 36.9 Å². The molecular weight excluding hydrogens is 771 g/mol. The molecule has 0 radical (unpaired) electrons. The van der Waals surface area contributed by atoms with Gasteiger partial charge < -0.3 is 47.3 Å². The summed E-state index contributed by atoms with van der Waals surface area (Å²) >= 11 is 0. The van der Waals surface area contributed by atoms with Gasteiger partial charge in [0.25, 0.3) is 11.8 Å². The highest BCUT2D eigenvalue weighted by atomic mass is 19.2. The van der Waals surface area contributed by atoms with E-state index in [-0.39, 0.29) is 69.6 Å². The van der Waals surface area contributed by atoms with E-state index < -0.39 is 66.7 Å². The number of rotatable bonds is 24. The number of nitrogens with two attached hydrogens (primary N) is 1. The van der Waals surface area contributed by atoms with Gasteiger partial charge in [0.1, 0.15) is 30.4 Å². The summed E-state index contributed by atoms with van der Waals surface area (Å²) in [5, 5.41) is 34.6. The lowest BCUT2D eigenvalue weighted by Crippen LogP contribution is -2.54. The number of hydrogen-bond acceptors (Lipinski definition) is 11. The minimum atomic E-state index is -1.48. The molecule has 19 heteroatoms. The van der Waals surface area contributed by atoms with Crippen LogP contribution in [0.3, 0.4) is 0 Å². The van der Waals surface area contributed by atoms with Gasteiger partial charge in [-0.2, -0.15) is 5.54 Å². The Kier molecular flexibility index (Phi) is 18.4. The number of nitrogens with zero attached hydrogens (tertiary/aromatic N) is 1. The largest absolute Gasteiger partial charge is 0.388 e. The molecule has 320 valence electrons. The van der Waals surface area contributed by atoms with Gasteiger partial charge in [-0.3, -0.25) is 33.7 Å². The predicted molar refractivity (Wildman–Crippen MR) is 211 cm³/mol. The van der Waals surface area contributed by atoms with Gasteiger partial charge in [-0.15, -0.1) is 4.48 Å². The average Bonchev–Trinajstić information content (AvgIpc) is 3.68. The molecule has 2 heterocycles. The maximum atomic E-state index is 13.9. The third kappa shape index (κ3) is 15.2. The van der Waals surface area contributed by atoms with Gasteiger partial charge in [-0.05, 0) is 55.4 Å². The Morgan fingerprint density at radius 3 is 2.14 bits per heavy atom. The van der Waals surface area contributed by atoms with Crippen LogP contribution in [0.5, 0.6) is 0 Å². The van der Waals surface area contributed by atoms with E-state index in [1.165, 1.54) is 12.2 Å². The third-order valence-electron chi connectivity index (χ3n) is 9.80. The summed E-state index contributed by atoms with van der Waals surface area (Å²) in [6, 6.07) is 12.5. The minimum Gasteiger partial charge on any atom is -0.388 e. The van der Waals surface area contributed by atoms with Crippen LogP contribution in [0.15, 0.2) is 66.7 Å². The van der Waals surface area contributed by atoms with Crippen molar-refractivity contribution in [2.24, 2.45) is 5.73 Å². The molecule has 0 bridgehead atoms. The van der Waals surface area contributed by atoms with Crippen LogP contribution in [0.2, 0.25) is 0 Å². The smallest absolute Gasteiger partial charge is 0.312 e. The molecular formula is C40H53FN8O10. The van der Waals surface area contributed by atoms with Crippen LogP contribution in [0.25, 0.3) is 0 Å². The number of amides is 8. The highest BCUT2D eigenvalue weighted by Gasteiger charge is 2.43. The molecule has 2 aliphatic heterocycles. The van der Waals surface area contributed by atoms with E-state index in [9.17, 15) is 48.3 Å². The quantitative estimate of drug-likeness (QED) is 0.0380. The summed E-state index contributed by atoms with van der Waals surface area (Å²) in [4.78, 5) is 88.9. The average molecular weight is 825 g/mol. The van der Waals surface area contributed by atoms with E-state index in [0.717, 1.165) is 10.5 Å². The fourth-order valence-electron chi connectivity index (χ4n) is 6.58. The molecule has 8 amide bonds. The van der Waals surface area contributed by atoms with Crippen molar-refractivity contribution in [3.8, 4) is 0 Å². The molecule has 6 atom stereocenters. The second-order valence-corrected chi connectivity index (χ2v) is 14.3. The molecule has 0 aliphatic carbocycles. The number of primary amides is 1. The van der Waals surface area contributed by atoms with E-state index in [4.69, 9.17) is 10.5 Å². The Hall–Kier alpha value is -5.76. The SMILES string of the molecule is NC(=O)NCCC[C@@H](NC(=O)[C@@H](Cc1ccccc1)NC(=O)CC1O[C@H](CNC(=O)CCCCCN2C(=O)C=CC2=O)[C@@H](O)[C@H]1O)C(=O)Nc1ccc(CCNF)cc1. The van der Waals surface area contributed by atoms with Crippen molar-refractivity contribution in [2.75, 3.05) is 31.5 Å². The highest BCUT2D eigenvalue weighted by Crippen LogP contribution is 2.24. The van der Waals surface area contributed by atoms with Gasteiger partial charge in [-0.1, -0.05) is 48.9 Å². The summed E-state index contributed by atoms with van der Waals surface area (Å²) in [5.74, 6) is -3.01. The minimum absolute atomic E-state index is 0.0300. The Balaban J connectivity index is 1.32. The molecule has 2 aromatic rings. The first-order chi connectivity index (χ1) is 28.3. The summed E-state index contributed by atoms with van der Waals surface area (Å²) in [5.41, 5.74) is 8.70. The van der Waals surface area contributed by atoms with Gasteiger partial charge in [-0.25, -0.2) is 4.79 Å². The van der Waals surface area contributed by atoms with Crippen LogP contribution >= 0.6 is 0 Å². The molecule has 2 aliphatic rings. The van der Waals surface area contributed by atoms with Crippen LogP contribution in [-0.4, -0.2) is 119 Å². The zero-order valence-corrected chi connectivity index (χ0v) is 32.6.